The van der Waals surface area contributed by atoms with Crippen LogP contribution in [0.5, 0.6) is 0 Å². The Hall–Kier alpha value is -1.86. The van der Waals surface area contributed by atoms with Crippen molar-refractivity contribution in [3.8, 4) is 0 Å². The van der Waals surface area contributed by atoms with Gasteiger partial charge in [-0.15, -0.1) is 6.58 Å². The van der Waals surface area contributed by atoms with E-state index in [1.54, 1.807) is 0 Å². The normalized spacial score (nSPS) is 27.3. The molecule has 0 N–H and O–H groups in total. The van der Waals surface area contributed by atoms with Crippen LogP contribution in [0.15, 0.2) is 73.3 Å². The van der Waals surface area contributed by atoms with Gasteiger partial charge in [0.25, 0.3) is 0 Å². The summed E-state index contributed by atoms with van der Waals surface area (Å²) in [6.07, 6.45) is 4.24. The highest BCUT2D eigenvalue weighted by molar-refractivity contribution is 5.42. The quantitative estimate of drug-likeness (QED) is 0.534. The fraction of sp³-hybridized carbons (Fsp3) is 0.300. The lowest BCUT2D eigenvalue weighted by Crippen LogP contribution is -2.16. The average Bonchev–Trinajstić information content (AvgIpc) is 3.18. The molecule has 21 heavy (non-hydrogen) atoms. The van der Waals surface area contributed by atoms with Gasteiger partial charge in [0, 0.05) is 0 Å². The van der Waals surface area contributed by atoms with Gasteiger partial charge >= 0.3 is 0 Å². The van der Waals surface area contributed by atoms with Gasteiger partial charge in [-0.25, -0.2) is 0 Å². The van der Waals surface area contributed by atoms with Crippen molar-refractivity contribution in [3.63, 3.8) is 0 Å². The first-order valence-electron chi connectivity index (χ1n) is 7.82. The summed E-state index contributed by atoms with van der Waals surface area (Å²) < 4.78 is 0. The minimum Gasteiger partial charge on any atom is -0.282 e. The van der Waals surface area contributed by atoms with Crippen LogP contribution in [0.1, 0.15) is 36.9 Å². The lowest BCUT2D eigenvalue weighted by Gasteiger charge is -2.16. The molecule has 3 rings (SSSR count). The van der Waals surface area contributed by atoms with E-state index in [-0.39, 0.29) is 5.54 Å². The molecule has 0 aromatic heterocycles. The van der Waals surface area contributed by atoms with E-state index in [1.807, 2.05) is 0 Å². The number of hydrogen-bond acceptors (Lipinski definition) is 1. The second-order valence-electron chi connectivity index (χ2n) is 5.79. The van der Waals surface area contributed by atoms with Crippen LogP contribution in [0.25, 0.3) is 0 Å². The van der Waals surface area contributed by atoms with Crippen LogP contribution >= 0.6 is 0 Å². The Bertz CT molecular complexity index is 590. The van der Waals surface area contributed by atoms with Crippen LogP contribution < -0.4 is 0 Å². The van der Waals surface area contributed by atoms with Crippen molar-refractivity contribution >= 4 is 0 Å². The fourth-order valence-electron chi connectivity index (χ4n) is 3.67. The van der Waals surface area contributed by atoms with E-state index in [2.05, 4.69) is 85.1 Å². The molecule has 0 spiro atoms. The summed E-state index contributed by atoms with van der Waals surface area (Å²) >= 11 is 0. The summed E-state index contributed by atoms with van der Waals surface area (Å²) in [6, 6.07) is 22.2. The molecule has 1 fully saturated rings. The van der Waals surface area contributed by atoms with Crippen LogP contribution in [0.2, 0.25) is 0 Å². The first kappa shape index (κ1) is 14.1. The minimum atomic E-state index is 0.0976. The summed E-state index contributed by atoms with van der Waals surface area (Å²) in [5, 5.41) is 0. The third kappa shape index (κ3) is 2.32. The third-order valence-corrected chi connectivity index (χ3v) is 4.52. The zero-order chi connectivity index (χ0) is 14.7. The van der Waals surface area contributed by atoms with E-state index < -0.39 is 0 Å². The fourth-order valence-corrected chi connectivity index (χ4v) is 3.67. The summed E-state index contributed by atoms with van der Waals surface area (Å²) in [5.41, 5.74) is 2.92. The second kappa shape index (κ2) is 5.87. The molecular weight excluding hydrogens is 254 g/mol. The molecule has 0 amide bonds. The van der Waals surface area contributed by atoms with E-state index >= 15 is 0 Å². The molecule has 1 heterocycles. The maximum absolute atomic E-state index is 4.01. The number of benzene rings is 2. The summed E-state index contributed by atoms with van der Waals surface area (Å²) in [4.78, 5) is 2.62. The molecule has 2 aromatic carbocycles. The monoisotopic (exact) mass is 277 g/mol. The molecular formula is C20H23N. The Kier molecular flexibility index (Phi) is 3.94. The van der Waals surface area contributed by atoms with Gasteiger partial charge in [-0.1, -0.05) is 73.7 Å². The van der Waals surface area contributed by atoms with Gasteiger partial charge in [0.2, 0.25) is 0 Å². The number of hydrogen-bond donors (Lipinski definition) is 0. The van der Waals surface area contributed by atoms with Crippen molar-refractivity contribution in [2.45, 2.75) is 31.3 Å². The van der Waals surface area contributed by atoms with Gasteiger partial charge in [-0.3, -0.25) is 4.90 Å². The molecule has 1 saturated heterocycles. The topological polar surface area (TPSA) is 3.01 Å². The highest BCUT2D eigenvalue weighted by Gasteiger charge is 2.62. The van der Waals surface area contributed by atoms with Crippen LogP contribution in [0.3, 0.4) is 0 Å². The predicted molar refractivity (Wildman–Crippen MR) is 89.1 cm³/mol. The molecule has 0 radical (unpaired) electrons. The van der Waals surface area contributed by atoms with E-state index in [4.69, 9.17) is 0 Å². The first-order valence-corrected chi connectivity index (χ1v) is 7.82. The highest BCUT2D eigenvalue weighted by atomic mass is 15.4. The van der Waals surface area contributed by atoms with Crippen molar-refractivity contribution in [1.29, 1.82) is 0 Å². The van der Waals surface area contributed by atoms with E-state index in [1.165, 1.54) is 17.5 Å². The molecule has 1 heteroatoms. The maximum atomic E-state index is 4.01. The van der Waals surface area contributed by atoms with E-state index in [0.717, 1.165) is 13.0 Å². The molecule has 1 nitrogen and oxygen atoms in total. The molecule has 108 valence electrons. The van der Waals surface area contributed by atoms with Crippen molar-refractivity contribution in [2.24, 2.45) is 0 Å². The van der Waals surface area contributed by atoms with Crippen molar-refractivity contribution in [2.75, 3.05) is 6.54 Å². The van der Waals surface area contributed by atoms with Crippen molar-refractivity contribution < 1.29 is 0 Å². The average molecular weight is 277 g/mol. The third-order valence-electron chi connectivity index (χ3n) is 4.52. The highest BCUT2D eigenvalue weighted by Crippen LogP contribution is 2.62. The molecule has 2 aromatic rings. The van der Waals surface area contributed by atoms with Gasteiger partial charge in [-0.2, -0.15) is 0 Å². The molecule has 1 aliphatic rings. The van der Waals surface area contributed by atoms with Gasteiger partial charge in [-0.05, 0) is 30.5 Å². The molecule has 0 bridgehead atoms. The van der Waals surface area contributed by atoms with E-state index in [0.29, 0.717) is 6.04 Å². The van der Waals surface area contributed by atoms with Crippen LogP contribution in [-0.4, -0.2) is 11.4 Å². The van der Waals surface area contributed by atoms with Crippen LogP contribution in [0, 0.1) is 0 Å². The summed E-state index contributed by atoms with van der Waals surface area (Å²) in [7, 11) is 0. The molecule has 3 atom stereocenters. The minimum absolute atomic E-state index is 0.0976. The van der Waals surface area contributed by atoms with Crippen LogP contribution in [-0.2, 0) is 5.54 Å². The smallest absolute Gasteiger partial charge is 0.0700 e. The SMILES string of the molecule is C=CC[C@]1(c2ccccc2)[C@H](c2ccccc2)N1CCC. The Morgan fingerprint density at radius 3 is 2.24 bits per heavy atom. The zero-order valence-electron chi connectivity index (χ0n) is 12.7. The predicted octanol–water partition coefficient (Wildman–Crippen LogP) is 4.92. The largest absolute Gasteiger partial charge is 0.282 e. The van der Waals surface area contributed by atoms with Crippen LogP contribution in [0.4, 0.5) is 0 Å². The van der Waals surface area contributed by atoms with Gasteiger partial charge < -0.3 is 0 Å². The second-order valence-corrected chi connectivity index (χ2v) is 5.79. The molecule has 0 aliphatic carbocycles. The molecule has 1 aliphatic heterocycles. The summed E-state index contributed by atoms with van der Waals surface area (Å²) in [5.74, 6) is 0. The first-order chi connectivity index (χ1) is 10.3. The molecule has 1 unspecified atom stereocenters. The molecule has 0 saturated carbocycles. The Balaban J connectivity index is 2.04. The Morgan fingerprint density at radius 2 is 1.67 bits per heavy atom. The Labute approximate surface area is 127 Å². The lowest BCUT2D eigenvalue weighted by molar-refractivity contribution is 0.407. The maximum Gasteiger partial charge on any atom is 0.0700 e. The lowest BCUT2D eigenvalue weighted by atomic mass is 9.88. The number of nitrogens with zero attached hydrogens (tertiary/aromatic N) is 1. The summed E-state index contributed by atoms with van der Waals surface area (Å²) in [6.45, 7) is 7.39. The number of rotatable bonds is 6. The van der Waals surface area contributed by atoms with E-state index in [9.17, 15) is 0 Å². The van der Waals surface area contributed by atoms with Gasteiger partial charge in [0.15, 0.2) is 0 Å². The zero-order valence-corrected chi connectivity index (χ0v) is 12.7. The van der Waals surface area contributed by atoms with Gasteiger partial charge in [0.1, 0.15) is 0 Å². The standard InChI is InChI=1S/C20H23N/c1-3-15-20(18-13-9-6-10-14-18)19(21(20)16-4-2)17-11-7-5-8-12-17/h3,5-14,19H,1,4,15-16H2,2H3/t19-,20-,21?/m0/s1. The Morgan fingerprint density at radius 1 is 1.05 bits per heavy atom. The van der Waals surface area contributed by atoms with Crippen molar-refractivity contribution in [3.05, 3.63) is 84.4 Å². The van der Waals surface area contributed by atoms with Crippen molar-refractivity contribution in [1.82, 2.24) is 4.90 Å². The van der Waals surface area contributed by atoms with Gasteiger partial charge in [0.05, 0.1) is 11.6 Å².